The topological polar surface area (TPSA) is 12.0 Å². The van der Waals surface area contributed by atoms with Crippen molar-refractivity contribution in [2.24, 2.45) is 0 Å². The molecule has 1 aliphatic heterocycles. The van der Waals surface area contributed by atoms with E-state index in [9.17, 15) is 0 Å². The van der Waals surface area contributed by atoms with Gasteiger partial charge in [-0.2, -0.15) is 0 Å². The molecule has 1 N–H and O–H groups in total. The highest BCUT2D eigenvalue weighted by molar-refractivity contribution is 5.45. The van der Waals surface area contributed by atoms with Crippen LogP contribution in [0.15, 0.2) is 12.1 Å². The number of nitrogens with one attached hydrogen (secondary N) is 1. The van der Waals surface area contributed by atoms with Crippen LogP contribution in [-0.4, -0.2) is 13.1 Å². The zero-order chi connectivity index (χ0) is 11.0. The van der Waals surface area contributed by atoms with Gasteiger partial charge in [-0.3, -0.25) is 0 Å². The summed E-state index contributed by atoms with van der Waals surface area (Å²) in [5.41, 5.74) is 6.59. The Hall–Kier alpha value is -0.820. The van der Waals surface area contributed by atoms with E-state index in [0.717, 1.165) is 5.92 Å². The van der Waals surface area contributed by atoms with Crippen LogP contribution in [0.5, 0.6) is 0 Å². The zero-order valence-electron chi connectivity index (χ0n) is 10.2. The van der Waals surface area contributed by atoms with Crippen molar-refractivity contribution in [3.8, 4) is 0 Å². The van der Waals surface area contributed by atoms with Gasteiger partial charge < -0.3 is 5.32 Å². The number of benzene rings is 1. The molecule has 0 unspecified atom stereocenters. The molecule has 0 atom stereocenters. The fourth-order valence-corrected chi connectivity index (χ4v) is 3.43. The van der Waals surface area contributed by atoms with Crippen molar-refractivity contribution in [1.29, 1.82) is 0 Å². The Labute approximate surface area is 98.3 Å². The van der Waals surface area contributed by atoms with Crippen LogP contribution in [0.4, 0.5) is 0 Å². The average Bonchev–Trinajstić information content (AvgIpc) is 2.81. The molecule has 0 spiro atoms. The Kier molecular flexibility index (Phi) is 2.72. The molecule has 0 bridgehead atoms. The number of rotatable bonds is 1. The molecule has 1 aromatic rings. The first-order chi connectivity index (χ1) is 7.86. The van der Waals surface area contributed by atoms with Crippen molar-refractivity contribution < 1.29 is 0 Å². The first-order valence-electron chi connectivity index (χ1n) is 6.68. The maximum absolute atomic E-state index is 3.46. The van der Waals surface area contributed by atoms with Crippen LogP contribution in [0.3, 0.4) is 0 Å². The third kappa shape index (κ3) is 1.67. The van der Waals surface area contributed by atoms with Crippen LogP contribution in [0.1, 0.15) is 47.4 Å². The number of piperidine rings is 1. The van der Waals surface area contributed by atoms with Crippen molar-refractivity contribution in [2.75, 3.05) is 13.1 Å². The van der Waals surface area contributed by atoms with Crippen LogP contribution < -0.4 is 5.32 Å². The molecular formula is C15H21N. The summed E-state index contributed by atoms with van der Waals surface area (Å²) in [6.45, 7) is 4.68. The van der Waals surface area contributed by atoms with Crippen molar-refractivity contribution >= 4 is 0 Å². The second-order valence-corrected chi connectivity index (χ2v) is 5.31. The quantitative estimate of drug-likeness (QED) is 0.759. The molecule has 1 fully saturated rings. The Balaban J connectivity index is 1.98. The van der Waals surface area contributed by atoms with Gasteiger partial charge >= 0.3 is 0 Å². The van der Waals surface area contributed by atoms with E-state index in [1.807, 2.05) is 0 Å². The molecular weight excluding hydrogens is 194 g/mol. The summed E-state index contributed by atoms with van der Waals surface area (Å²) in [7, 11) is 0. The highest BCUT2D eigenvalue weighted by Gasteiger charge is 2.23. The van der Waals surface area contributed by atoms with E-state index in [1.54, 1.807) is 16.7 Å². The minimum Gasteiger partial charge on any atom is -0.317 e. The number of aryl methyl sites for hydroxylation is 1. The Morgan fingerprint density at radius 1 is 1.06 bits per heavy atom. The number of hydrogen-bond acceptors (Lipinski definition) is 1. The van der Waals surface area contributed by atoms with Crippen LogP contribution in [0, 0.1) is 6.92 Å². The van der Waals surface area contributed by atoms with E-state index in [0.29, 0.717) is 0 Å². The van der Waals surface area contributed by atoms with Gasteiger partial charge in [-0.15, -0.1) is 0 Å². The number of hydrogen-bond donors (Lipinski definition) is 1. The van der Waals surface area contributed by atoms with Gasteiger partial charge in [-0.05, 0) is 80.3 Å². The molecule has 1 aliphatic carbocycles. The fourth-order valence-electron chi connectivity index (χ4n) is 3.43. The average molecular weight is 215 g/mol. The summed E-state index contributed by atoms with van der Waals surface area (Å²) in [6.07, 6.45) is 6.68. The van der Waals surface area contributed by atoms with E-state index < -0.39 is 0 Å². The molecule has 1 heterocycles. The predicted molar refractivity (Wildman–Crippen MR) is 68.0 cm³/mol. The smallest absolute Gasteiger partial charge is 0.00431 e. The van der Waals surface area contributed by atoms with Crippen molar-refractivity contribution in [3.05, 3.63) is 34.4 Å². The van der Waals surface area contributed by atoms with E-state index in [4.69, 9.17) is 0 Å². The SMILES string of the molecule is Cc1ccc(C2CCNCC2)c2c1CCC2. The Bertz CT molecular complexity index is 389. The molecule has 16 heavy (non-hydrogen) atoms. The summed E-state index contributed by atoms with van der Waals surface area (Å²) >= 11 is 0. The van der Waals surface area contributed by atoms with Gasteiger partial charge in [0, 0.05) is 0 Å². The third-order valence-electron chi connectivity index (χ3n) is 4.33. The van der Waals surface area contributed by atoms with Gasteiger partial charge in [0.1, 0.15) is 0 Å². The molecule has 0 aromatic heterocycles. The summed E-state index contributed by atoms with van der Waals surface area (Å²) in [6, 6.07) is 4.76. The van der Waals surface area contributed by atoms with Gasteiger partial charge in [-0.1, -0.05) is 12.1 Å². The second-order valence-electron chi connectivity index (χ2n) is 5.31. The second kappa shape index (κ2) is 4.21. The molecule has 1 saturated heterocycles. The molecule has 3 rings (SSSR count). The summed E-state index contributed by atoms with van der Waals surface area (Å²) in [4.78, 5) is 0. The zero-order valence-corrected chi connectivity index (χ0v) is 10.2. The molecule has 0 amide bonds. The van der Waals surface area contributed by atoms with Gasteiger partial charge in [0.15, 0.2) is 0 Å². The molecule has 1 nitrogen and oxygen atoms in total. The monoisotopic (exact) mass is 215 g/mol. The highest BCUT2D eigenvalue weighted by Crippen LogP contribution is 2.35. The molecule has 2 aliphatic rings. The molecule has 1 aromatic carbocycles. The molecule has 0 saturated carbocycles. The maximum atomic E-state index is 3.46. The highest BCUT2D eigenvalue weighted by atomic mass is 14.9. The first-order valence-corrected chi connectivity index (χ1v) is 6.68. The van der Waals surface area contributed by atoms with Crippen molar-refractivity contribution in [3.63, 3.8) is 0 Å². The standard InChI is InChI=1S/C15H21N/c1-11-5-6-14(12-7-9-16-10-8-12)15-4-2-3-13(11)15/h5-6,12,16H,2-4,7-10H2,1H3. The van der Waals surface area contributed by atoms with Crippen LogP contribution >= 0.6 is 0 Å². The van der Waals surface area contributed by atoms with Crippen molar-refractivity contribution in [2.45, 2.75) is 44.9 Å². The van der Waals surface area contributed by atoms with Gasteiger partial charge in [0.25, 0.3) is 0 Å². The third-order valence-corrected chi connectivity index (χ3v) is 4.33. The minimum atomic E-state index is 0.827. The van der Waals surface area contributed by atoms with E-state index in [1.165, 1.54) is 50.8 Å². The Morgan fingerprint density at radius 3 is 2.62 bits per heavy atom. The van der Waals surface area contributed by atoms with E-state index in [2.05, 4.69) is 24.4 Å². The van der Waals surface area contributed by atoms with Gasteiger partial charge in [-0.25, -0.2) is 0 Å². The summed E-state index contributed by atoms with van der Waals surface area (Å²) in [5, 5.41) is 3.46. The fraction of sp³-hybridized carbons (Fsp3) is 0.600. The van der Waals surface area contributed by atoms with Crippen molar-refractivity contribution in [1.82, 2.24) is 5.32 Å². The summed E-state index contributed by atoms with van der Waals surface area (Å²) < 4.78 is 0. The van der Waals surface area contributed by atoms with Crippen LogP contribution in [0.2, 0.25) is 0 Å². The normalized spacial score (nSPS) is 21.1. The van der Waals surface area contributed by atoms with Crippen LogP contribution in [0.25, 0.3) is 0 Å². The lowest BCUT2D eigenvalue weighted by Gasteiger charge is -2.25. The molecule has 0 radical (unpaired) electrons. The summed E-state index contributed by atoms with van der Waals surface area (Å²) in [5.74, 6) is 0.827. The number of fused-ring (bicyclic) bond motifs is 1. The molecule has 86 valence electrons. The Morgan fingerprint density at radius 2 is 1.81 bits per heavy atom. The lowest BCUT2D eigenvalue weighted by Crippen LogP contribution is -2.27. The van der Waals surface area contributed by atoms with E-state index in [-0.39, 0.29) is 0 Å². The lowest BCUT2D eigenvalue weighted by molar-refractivity contribution is 0.458. The first kappa shape index (κ1) is 10.3. The van der Waals surface area contributed by atoms with Gasteiger partial charge in [0.05, 0.1) is 0 Å². The lowest BCUT2D eigenvalue weighted by atomic mass is 9.85. The van der Waals surface area contributed by atoms with E-state index >= 15 is 0 Å². The minimum absolute atomic E-state index is 0.827. The largest absolute Gasteiger partial charge is 0.317 e. The molecule has 1 heteroatoms. The maximum Gasteiger partial charge on any atom is -0.00431 e. The predicted octanol–water partition coefficient (Wildman–Crippen LogP) is 2.95. The van der Waals surface area contributed by atoms with Crippen LogP contribution in [-0.2, 0) is 12.8 Å². The van der Waals surface area contributed by atoms with Gasteiger partial charge in [0.2, 0.25) is 0 Å².